The van der Waals surface area contributed by atoms with Crippen molar-refractivity contribution >= 4 is 5.97 Å². The van der Waals surface area contributed by atoms with Gasteiger partial charge in [-0.05, 0) is 26.2 Å². The van der Waals surface area contributed by atoms with Crippen molar-refractivity contribution in [3.05, 3.63) is 11.6 Å². The molecule has 14 heteroatoms. The Balaban J connectivity index is 1.44. The molecule has 6 aliphatic rings. The number of allylic oxidation sites excluding steroid dienone is 1. The lowest BCUT2D eigenvalue weighted by Crippen LogP contribution is -2.86. The topological polar surface area (TPSA) is 236 Å². The molecule has 2 saturated carbocycles. The maximum absolute atomic E-state index is 12.8. The minimum absolute atomic E-state index is 0.0994. The average Bonchev–Trinajstić information content (AvgIpc) is 3.10. The lowest BCUT2D eigenvalue weighted by molar-refractivity contribution is -0.361. The van der Waals surface area contributed by atoms with Crippen molar-refractivity contribution < 1.29 is 69.7 Å². The first-order valence-electron chi connectivity index (χ1n) is 13.6. The summed E-state index contributed by atoms with van der Waals surface area (Å²) in [6, 6.07) is 0. The highest BCUT2D eigenvalue weighted by Gasteiger charge is 2.88. The van der Waals surface area contributed by atoms with Gasteiger partial charge in [-0.2, -0.15) is 0 Å². The molecule has 0 aromatic rings. The first-order chi connectivity index (χ1) is 18.6. The fourth-order valence-corrected chi connectivity index (χ4v) is 9.15. The second-order valence-corrected chi connectivity index (χ2v) is 12.8. The van der Waals surface area contributed by atoms with E-state index in [0.29, 0.717) is 5.57 Å². The maximum Gasteiger partial charge on any atom is 0.338 e. The molecule has 226 valence electrons. The summed E-state index contributed by atoms with van der Waals surface area (Å²) in [4.78, 5) is 12.8. The predicted molar refractivity (Wildman–Crippen MR) is 128 cm³/mol. The van der Waals surface area contributed by atoms with Gasteiger partial charge in [0.05, 0.1) is 30.8 Å². The van der Waals surface area contributed by atoms with Gasteiger partial charge in [0.1, 0.15) is 53.9 Å². The highest BCUT2D eigenvalue weighted by Crippen LogP contribution is 2.73. The average molecular weight is 575 g/mol. The molecule has 9 N–H and O–H groups in total. The van der Waals surface area contributed by atoms with E-state index >= 15 is 0 Å². The molecule has 2 bridgehead atoms. The van der Waals surface area contributed by atoms with E-state index in [4.69, 9.17) is 18.9 Å². The summed E-state index contributed by atoms with van der Waals surface area (Å²) >= 11 is 0. The van der Waals surface area contributed by atoms with Crippen molar-refractivity contribution in [2.75, 3.05) is 13.2 Å². The van der Waals surface area contributed by atoms with E-state index in [0.717, 1.165) is 0 Å². The van der Waals surface area contributed by atoms with Crippen molar-refractivity contribution in [1.29, 1.82) is 0 Å². The molecule has 1 unspecified atom stereocenters. The number of fused-ring (bicyclic) bond motifs is 2. The minimum Gasteiger partial charge on any atom is -0.460 e. The van der Waals surface area contributed by atoms with Gasteiger partial charge < -0.3 is 64.9 Å². The van der Waals surface area contributed by atoms with Crippen molar-refractivity contribution in [1.82, 2.24) is 0 Å². The molecule has 3 saturated heterocycles. The maximum atomic E-state index is 12.8. The summed E-state index contributed by atoms with van der Waals surface area (Å²) in [5, 5.41) is 98.5. The van der Waals surface area contributed by atoms with E-state index in [1.807, 2.05) is 0 Å². The van der Waals surface area contributed by atoms with E-state index < -0.39 is 114 Å². The van der Waals surface area contributed by atoms with Crippen molar-refractivity contribution in [2.45, 2.75) is 106 Å². The molecule has 3 heterocycles. The van der Waals surface area contributed by atoms with Crippen molar-refractivity contribution in [2.24, 2.45) is 22.7 Å². The molecule has 3 aliphatic carbocycles. The number of carbonyl (C=O) groups excluding carboxylic acids is 1. The van der Waals surface area contributed by atoms with E-state index in [-0.39, 0.29) is 13.0 Å². The smallest absolute Gasteiger partial charge is 0.338 e. The van der Waals surface area contributed by atoms with Crippen LogP contribution >= 0.6 is 0 Å². The number of carbonyl (C=O) groups is 1. The minimum atomic E-state index is -2.38. The molecule has 6 rings (SSSR count). The van der Waals surface area contributed by atoms with Gasteiger partial charge >= 0.3 is 5.97 Å². The Labute approximate surface area is 229 Å². The molecular formula is C26H38O14. The number of ether oxygens (including phenoxy) is 4. The van der Waals surface area contributed by atoms with Crippen LogP contribution in [0, 0.1) is 22.7 Å². The van der Waals surface area contributed by atoms with Crippen LogP contribution in [0.1, 0.15) is 27.2 Å². The van der Waals surface area contributed by atoms with Crippen LogP contribution in [0.4, 0.5) is 0 Å². The van der Waals surface area contributed by atoms with E-state index in [2.05, 4.69) is 0 Å². The van der Waals surface area contributed by atoms with Gasteiger partial charge in [0, 0.05) is 11.3 Å². The number of hydrogen-bond donors (Lipinski definition) is 9. The number of aliphatic hydroxyl groups excluding tert-OH is 8. The monoisotopic (exact) mass is 574 g/mol. The van der Waals surface area contributed by atoms with Crippen LogP contribution in [0.25, 0.3) is 0 Å². The quantitative estimate of drug-likeness (QED) is 0.114. The second-order valence-electron chi connectivity index (χ2n) is 12.8. The third-order valence-electron chi connectivity index (χ3n) is 11.2. The summed E-state index contributed by atoms with van der Waals surface area (Å²) in [5.74, 6) is -2.83. The summed E-state index contributed by atoms with van der Waals surface area (Å²) in [6.45, 7) is 3.75. The highest BCUT2D eigenvalue weighted by molar-refractivity contribution is 5.79. The standard InChI is InChI=1S/C26H38O14/c1-8-4-10(38-22-15(30)14(29)13(28)11(6-27)39-22)18(32)23(2)9(8)5-12-25-7-37-24(3,19(33)16(31)17(23)25)26(25,36)20(34)21(35)40-12/h4,9-20,22,27-34,36H,5-7H2,1-3H3/t9-,10+,11?,12-,13-,14-,15-,16+,17+,18+,19+,20+,22-,23-,24+,25+,26-/m1/s1. The fourth-order valence-electron chi connectivity index (χ4n) is 9.15. The number of esters is 1. The van der Waals surface area contributed by atoms with Gasteiger partial charge in [0.15, 0.2) is 12.4 Å². The Morgan fingerprint density at radius 3 is 2.33 bits per heavy atom. The van der Waals surface area contributed by atoms with E-state index in [9.17, 15) is 50.8 Å². The van der Waals surface area contributed by atoms with E-state index in [1.165, 1.54) is 6.92 Å². The van der Waals surface area contributed by atoms with Gasteiger partial charge in [-0.25, -0.2) is 4.79 Å². The van der Waals surface area contributed by atoms with E-state index in [1.54, 1.807) is 19.9 Å². The predicted octanol–water partition coefficient (Wildman–Crippen LogP) is -4.34. The first kappa shape index (κ1) is 28.8. The van der Waals surface area contributed by atoms with Gasteiger partial charge in [0.25, 0.3) is 0 Å². The third-order valence-corrected chi connectivity index (χ3v) is 11.2. The zero-order valence-corrected chi connectivity index (χ0v) is 22.3. The molecule has 0 amide bonds. The van der Waals surface area contributed by atoms with Crippen molar-refractivity contribution in [3.8, 4) is 0 Å². The molecule has 0 aromatic carbocycles. The lowest BCUT2D eigenvalue weighted by atomic mass is 9.36. The van der Waals surface area contributed by atoms with Crippen LogP contribution in [0.15, 0.2) is 11.6 Å². The Bertz CT molecular complexity index is 1100. The molecule has 1 spiro atoms. The zero-order valence-electron chi connectivity index (χ0n) is 22.3. The largest absolute Gasteiger partial charge is 0.460 e. The SMILES string of the molecule is CC1=C[C@H](O[C@@H]2OC(CO)[C@@H](O)[C@@H](O)[C@H]2O)[C@H](O)[C@]2(C)[C@@H]1C[C@H]1OC(=O)[C@H](O)[C@]3(O)[C@@]14CO[C@@]3(C)[C@@H](O)[C@@H](O)[C@@H]24. The van der Waals surface area contributed by atoms with Crippen LogP contribution in [0.3, 0.4) is 0 Å². The summed E-state index contributed by atoms with van der Waals surface area (Å²) in [7, 11) is 0. The van der Waals surface area contributed by atoms with Crippen LogP contribution in [-0.2, 0) is 23.7 Å². The fraction of sp³-hybridized carbons (Fsp3) is 0.885. The van der Waals surface area contributed by atoms with Crippen LogP contribution in [0.5, 0.6) is 0 Å². The molecule has 14 nitrogen and oxygen atoms in total. The van der Waals surface area contributed by atoms with Gasteiger partial charge in [-0.1, -0.05) is 18.6 Å². The molecule has 5 fully saturated rings. The number of rotatable bonds is 3. The summed E-state index contributed by atoms with van der Waals surface area (Å²) in [5.41, 5.74) is -6.66. The summed E-state index contributed by atoms with van der Waals surface area (Å²) in [6.07, 6.45) is -15.4. The van der Waals surface area contributed by atoms with Crippen LogP contribution in [-0.4, -0.2) is 144 Å². The van der Waals surface area contributed by atoms with Gasteiger partial charge in [-0.3, -0.25) is 0 Å². The molecule has 17 atom stereocenters. The molecule has 0 aromatic heterocycles. The first-order valence-corrected chi connectivity index (χ1v) is 13.6. The van der Waals surface area contributed by atoms with Crippen molar-refractivity contribution in [3.63, 3.8) is 0 Å². The summed E-state index contributed by atoms with van der Waals surface area (Å²) < 4.78 is 23.0. The zero-order chi connectivity index (χ0) is 29.3. The number of hydrogen-bond acceptors (Lipinski definition) is 14. The lowest BCUT2D eigenvalue weighted by Gasteiger charge is -2.71. The molecule has 3 aliphatic heterocycles. The van der Waals surface area contributed by atoms with Gasteiger partial charge in [0.2, 0.25) is 0 Å². The molecular weight excluding hydrogens is 536 g/mol. The van der Waals surface area contributed by atoms with Crippen LogP contribution < -0.4 is 0 Å². The highest BCUT2D eigenvalue weighted by atomic mass is 16.7. The molecule has 0 radical (unpaired) electrons. The Kier molecular flexibility index (Phi) is 6.40. The molecule has 40 heavy (non-hydrogen) atoms. The Hall–Kier alpha value is -1.27. The Morgan fingerprint density at radius 1 is 1.00 bits per heavy atom. The third kappa shape index (κ3) is 3.06. The van der Waals surface area contributed by atoms with Crippen LogP contribution in [0.2, 0.25) is 0 Å². The normalized spacial score (nSPS) is 60.9. The Morgan fingerprint density at radius 2 is 1.68 bits per heavy atom. The second kappa shape index (κ2) is 8.88. The van der Waals surface area contributed by atoms with Gasteiger partial charge in [-0.15, -0.1) is 0 Å². The number of aliphatic hydroxyl groups is 9.